The summed E-state index contributed by atoms with van der Waals surface area (Å²) in [4.78, 5) is 4.51. The molecule has 5 rings (SSSR count). The number of aromatic nitrogens is 3. The predicted molar refractivity (Wildman–Crippen MR) is 146 cm³/mol. The van der Waals surface area contributed by atoms with Crippen molar-refractivity contribution in [1.82, 2.24) is 30.7 Å². The van der Waals surface area contributed by atoms with Crippen LogP contribution in [0.3, 0.4) is 0 Å². The van der Waals surface area contributed by atoms with Crippen molar-refractivity contribution >= 4 is 33.9 Å². The van der Waals surface area contributed by atoms with E-state index in [2.05, 4.69) is 58.4 Å². The van der Waals surface area contributed by atoms with Crippen LogP contribution < -0.4 is 21.6 Å². The van der Waals surface area contributed by atoms with Gasteiger partial charge in [0.15, 0.2) is 0 Å². The minimum absolute atomic E-state index is 0.0163. The number of rotatable bonds is 8. The smallest absolute Gasteiger partial charge is 0.262 e. The number of alkyl halides is 2. The number of hydrogen-bond acceptors (Lipinski definition) is 7. The molecule has 4 N–H and O–H groups in total. The van der Waals surface area contributed by atoms with Gasteiger partial charge < -0.3 is 16.1 Å². The summed E-state index contributed by atoms with van der Waals surface area (Å²) in [6, 6.07) is 5.17. The van der Waals surface area contributed by atoms with E-state index in [1.165, 1.54) is 5.01 Å². The highest BCUT2D eigenvalue weighted by Gasteiger charge is 2.56. The van der Waals surface area contributed by atoms with Crippen LogP contribution in [0.15, 0.2) is 42.5 Å². The first-order chi connectivity index (χ1) is 18.0. The van der Waals surface area contributed by atoms with Gasteiger partial charge in [0.05, 0.1) is 33.2 Å². The lowest BCUT2D eigenvalue weighted by molar-refractivity contribution is 0.00911. The van der Waals surface area contributed by atoms with E-state index >= 15 is 0 Å². The van der Waals surface area contributed by atoms with E-state index in [1.54, 1.807) is 29.3 Å². The fraction of sp³-hybridized carbons (Fsp3) is 0.407. The van der Waals surface area contributed by atoms with E-state index in [0.717, 1.165) is 16.8 Å². The third-order valence-electron chi connectivity index (χ3n) is 6.89. The number of aryl methyl sites for hydroxylation is 1. The number of benzene rings is 1. The van der Waals surface area contributed by atoms with E-state index in [0.29, 0.717) is 46.9 Å². The molecule has 1 aliphatic carbocycles. The van der Waals surface area contributed by atoms with Crippen molar-refractivity contribution in [1.29, 1.82) is 0 Å². The van der Waals surface area contributed by atoms with Crippen molar-refractivity contribution in [3.8, 4) is 12.3 Å². The molecular weight excluding hydrogens is 510 g/mol. The lowest BCUT2D eigenvalue weighted by Crippen LogP contribution is -2.48. The van der Waals surface area contributed by atoms with E-state index < -0.39 is 18.0 Å². The van der Waals surface area contributed by atoms with Crippen LogP contribution in [0, 0.1) is 17.8 Å². The second-order valence-electron chi connectivity index (χ2n) is 11.0. The van der Waals surface area contributed by atoms with Crippen LogP contribution in [0.5, 0.6) is 0 Å². The van der Waals surface area contributed by atoms with Crippen LogP contribution in [-0.4, -0.2) is 38.3 Å². The number of nitrogens with one attached hydrogen (secondary N) is 4. The van der Waals surface area contributed by atoms with Gasteiger partial charge in [-0.2, -0.15) is 5.10 Å². The van der Waals surface area contributed by atoms with Gasteiger partial charge in [0.25, 0.3) is 6.43 Å². The molecule has 0 amide bonds. The van der Waals surface area contributed by atoms with Crippen molar-refractivity contribution in [2.75, 3.05) is 17.2 Å². The minimum Gasteiger partial charge on any atom is -0.383 e. The van der Waals surface area contributed by atoms with Crippen molar-refractivity contribution in [3.63, 3.8) is 0 Å². The Morgan fingerprint density at radius 1 is 1.29 bits per heavy atom. The maximum Gasteiger partial charge on any atom is 0.262 e. The maximum absolute atomic E-state index is 13.8. The van der Waals surface area contributed by atoms with Crippen LogP contribution in [-0.2, 0) is 7.05 Å². The zero-order valence-corrected chi connectivity index (χ0v) is 22.5. The minimum atomic E-state index is -2.47. The van der Waals surface area contributed by atoms with Crippen molar-refractivity contribution < 1.29 is 8.78 Å². The molecule has 1 aromatic carbocycles. The van der Waals surface area contributed by atoms with Gasteiger partial charge in [-0.05, 0) is 36.5 Å². The summed E-state index contributed by atoms with van der Waals surface area (Å²) in [6.07, 6.45) is 9.21. The first-order valence-corrected chi connectivity index (χ1v) is 12.8. The van der Waals surface area contributed by atoms with Gasteiger partial charge in [0.1, 0.15) is 11.6 Å². The first kappa shape index (κ1) is 26.1. The van der Waals surface area contributed by atoms with Crippen LogP contribution in [0.2, 0.25) is 5.02 Å². The second kappa shape index (κ2) is 9.64. The standard InChI is InChI=1S/C27H31ClF2N8/c1-6-16-13-31-23-18(22(16)32-15-26(2,3)4)11-17(12-19(23)28)34-24(21-7-10-33-37(21)5)20-14-38(36-35-20)27(8-9-27)25(29)30/h1,7,10-14,24-25,34-36H,8-9,15H2,2-5H3,(H,31,32)/t24-/m1/s1. The normalized spacial score (nSPS) is 17.2. The number of hydrazine groups is 2. The summed E-state index contributed by atoms with van der Waals surface area (Å²) in [7, 11) is 1.83. The van der Waals surface area contributed by atoms with Gasteiger partial charge in [0, 0.05) is 43.3 Å². The number of halogens is 3. The zero-order chi connectivity index (χ0) is 27.2. The average Bonchev–Trinajstić information content (AvgIpc) is 3.33. The molecule has 0 saturated heterocycles. The Hall–Kier alpha value is -3.55. The highest BCUT2D eigenvalue weighted by atomic mass is 35.5. The van der Waals surface area contributed by atoms with Gasteiger partial charge in [-0.25, -0.2) is 8.78 Å². The molecule has 3 heterocycles. The summed E-state index contributed by atoms with van der Waals surface area (Å²) in [6.45, 7) is 7.10. The fourth-order valence-corrected chi connectivity index (χ4v) is 4.82. The largest absolute Gasteiger partial charge is 0.383 e. The molecule has 0 spiro atoms. The Balaban J connectivity index is 1.55. The van der Waals surface area contributed by atoms with Crippen LogP contribution in [0.25, 0.3) is 10.9 Å². The topological polar surface area (TPSA) is 82.1 Å². The van der Waals surface area contributed by atoms with Crippen LogP contribution >= 0.6 is 11.6 Å². The zero-order valence-electron chi connectivity index (χ0n) is 21.7. The molecule has 1 saturated carbocycles. The lowest BCUT2D eigenvalue weighted by atomic mass is 9.96. The molecule has 8 nitrogen and oxygen atoms in total. The molecule has 0 unspecified atom stereocenters. The molecule has 200 valence electrons. The Labute approximate surface area is 225 Å². The highest BCUT2D eigenvalue weighted by Crippen LogP contribution is 2.47. The van der Waals surface area contributed by atoms with Crippen molar-refractivity contribution in [2.24, 2.45) is 12.5 Å². The van der Waals surface area contributed by atoms with Crippen LogP contribution in [0.4, 0.5) is 20.2 Å². The van der Waals surface area contributed by atoms with E-state index in [1.807, 2.05) is 19.2 Å². The first-order valence-electron chi connectivity index (χ1n) is 12.4. The van der Waals surface area contributed by atoms with Gasteiger partial charge in [-0.1, -0.05) is 38.3 Å². The number of pyridine rings is 1. The van der Waals surface area contributed by atoms with Gasteiger partial charge in [0.2, 0.25) is 0 Å². The third kappa shape index (κ3) is 4.84. The van der Waals surface area contributed by atoms with Gasteiger partial charge >= 0.3 is 0 Å². The van der Waals surface area contributed by atoms with Gasteiger partial charge in [-0.3, -0.25) is 14.7 Å². The number of terminal acetylenes is 1. The summed E-state index contributed by atoms with van der Waals surface area (Å²) in [5.74, 6) is 2.72. The maximum atomic E-state index is 13.8. The second-order valence-corrected chi connectivity index (χ2v) is 11.4. The van der Waals surface area contributed by atoms with Crippen molar-refractivity contribution in [2.45, 2.75) is 51.6 Å². The molecule has 1 fully saturated rings. The predicted octanol–water partition coefficient (Wildman–Crippen LogP) is 5.18. The number of anilines is 2. The molecule has 3 aromatic rings. The Bertz CT molecular complexity index is 1430. The Morgan fingerprint density at radius 3 is 2.66 bits per heavy atom. The third-order valence-corrected chi connectivity index (χ3v) is 7.18. The molecular formula is C27H31ClF2N8. The van der Waals surface area contributed by atoms with Crippen LogP contribution in [0.1, 0.15) is 50.9 Å². The summed E-state index contributed by atoms with van der Waals surface area (Å²) >= 11 is 6.71. The number of hydrogen-bond donors (Lipinski definition) is 4. The summed E-state index contributed by atoms with van der Waals surface area (Å²) in [5, 5.41) is 14.0. The lowest BCUT2D eigenvalue weighted by Gasteiger charge is -2.25. The summed E-state index contributed by atoms with van der Waals surface area (Å²) < 4.78 is 29.3. The molecule has 2 aromatic heterocycles. The molecule has 2 aliphatic rings. The number of nitrogens with zero attached hydrogens (tertiary/aromatic N) is 4. The van der Waals surface area contributed by atoms with E-state index in [4.69, 9.17) is 18.0 Å². The SMILES string of the molecule is C#Cc1cnc2c(Cl)cc(N[C@H](C3=CN(C4(C(F)F)CC4)NN3)c3ccnn3C)cc2c1NCC(C)(C)C. The van der Waals surface area contributed by atoms with E-state index in [9.17, 15) is 8.78 Å². The van der Waals surface area contributed by atoms with E-state index in [-0.39, 0.29) is 5.41 Å². The monoisotopic (exact) mass is 540 g/mol. The Kier molecular flexibility index (Phi) is 6.61. The highest BCUT2D eigenvalue weighted by molar-refractivity contribution is 6.35. The van der Waals surface area contributed by atoms with Gasteiger partial charge in [-0.15, -0.1) is 12.0 Å². The molecule has 11 heteroatoms. The fourth-order valence-electron chi connectivity index (χ4n) is 4.55. The molecule has 1 atom stereocenters. The molecule has 1 aliphatic heterocycles. The summed E-state index contributed by atoms with van der Waals surface area (Å²) in [5.41, 5.74) is 9.06. The van der Waals surface area contributed by atoms with Crippen molar-refractivity contribution in [3.05, 3.63) is 58.8 Å². The average molecular weight is 541 g/mol. The molecule has 38 heavy (non-hydrogen) atoms. The number of fused-ring (bicyclic) bond motifs is 1. The quantitative estimate of drug-likeness (QED) is 0.293. The molecule has 0 radical (unpaired) electrons. The Morgan fingerprint density at radius 2 is 2.05 bits per heavy atom. The molecule has 0 bridgehead atoms.